The minimum absolute atomic E-state index is 0.178. The molecule has 18 heavy (non-hydrogen) atoms. The van der Waals surface area contributed by atoms with E-state index >= 15 is 0 Å². The molecule has 0 aliphatic heterocycles. The van der Waals surface area contributed by atoms with Crippen LogP contribution in [0.4, 0.5) is 4.39 Å². The van der Waals surface area contributed by atoms with Crippen molar-refractivity contribution in [3.05, 3.63) is 56.5 Å². The van der Waals surface area contributed by atoms with Crippen LogP contribution in [0.5, 0.6) is 0 Å². The first-order valence-electron chi connectivity index (χ1n) is 5.86. The number of rotatable bonds is 4. The van der Waals surface area contributed by atoms with Crippen molar-refractivity contribution >= 4 is 22.9 Å². The van der Waals surface area contributed by atoms with Crippen LogP contribution >= 0.6 is 22.9 Å². The van der Waals surface area contributed by atoms with E-state index in [1.54, 1.807) is 23.5 Å². The summed E-state index contributed by atoms with van der Waals surface area (Å²) < 4.78 is 13.9. The predicted octanol–water partition coefficient (Wildman–Crippen LogP) is 4.55. The Morgan fingerprint density at radius 3 is 2.67 bits per heavy atom. The summed E-state index contributed by atoms with van der Waals surface area (Å²) in [5.74, 6) is -0.203. The first-order valence-corrected chi connectivity index (χ1v) is 7.12. The van der Waals surface area contributed by atoms with Gasteiger partial charge in [0, 0.05) is 10.4 Å². The van der Waals surface area contributed by atoms with Crippen LogP contribution in [0.2, 0.25) is 5.02 Å². The molecule has 0 spiro atoms. The third-order valence-corrected chi connectivity index (χ3v) is 4.59. The Labute approximate surface area is 116 Å². The number of nitrogens with one attached hydrogen (secondary N) is 1. The molecule has 1 aromatic heterocycles. The van der Waals surface area contributed by atoms with Gasteiger partial charge in [-0.15, -0.1) is 11.3 Å². The second-order valence-electron chi connectivity index (χ2n) is 4.11. The standard InChI is InChI=1S/C14H15ClFNS/c1-3-17-13(10-6-4-5-7-11(10)16)14-12(15)9(2)8-18-14/h4-8,13,17H,3H2,1-2H3. The molecule has 96 valence electrons. The largest absolute Gasteiger partial charge is 0.306 e. The summed E-state index contributed by atoms with van der Waals surface area (Å²) in [6, 6.07) is 6.64. The lowest BCUT2D eigenvalue weighted by Crippen LogP contribution is -2.22. The van der Waals surface area contributed by atoms with Crippen LogP contribution < -0.4 is 5.32 Å². The third kappa shape index (κ3) is 2.58. The average Bonchev–Trinajstić information content (AvgIpc) is 2.69. The summed E-state index contributed by atoms with van der Waals surface area (Å²) in [6.45, 7) is 4.72. The van der Waals surface area contributed by atoms with E-state index in [4.69, 9.17) is 11.6 Å². The van der Waals surface area contributed by atoms with Gasteiger partial charge in [0.2, 0.25) is 0 Å². The molecule has 2 rings (SSSR count). The minimum Gasteiger partial charge on any atom is -0.306 e. The Morgan fingerprint density at radius 1 is 1.39 bits per heavy atom. The molecular weight excluding hydrogens is 269 g/mol. The molecule has 0 saturated carbocycles. The molecule has 2 aromatic rings. The molecule has 0 bridgehead atoms. The van der Waals surface area contributed by atoms with E-state index in [1.165, 1.54) is 6.07 Å². The Hall–Kier alpha value is -0.900. The van der Waals surface area contributed by atoms with Crippen molar-refractivity contribution in [2.75, 3.05) is 6.54 Å². The molecule has 1 aromatic carbocycles. The van der Waals surface area contributed by atoms with Gasteiger partial charge in [-0.25, -0.2) is 4.39 Å². The lowest BCUT2D eigenvalue weighted by molar-refractivity contribution is 0.563. The maximum atomic E-state index is 13.9. The van der Waals surface area contributed by atoms with E-state index in [1.807, 2.05) is 25.3 Å². The SMILES string of the molecule is CCNC(c1ccccc1F)c1scc(C)c1Cl. The van der Waals surface area contributed by atoms with Crippen molar-refractivity contribution in [3.8, 4) is 0 Å². The van der Waals surface area contributed by atoms with Gasteiger partial charge in [-0.1, -0.05) is 36.7 Å². The van der Waals surface area contributed by atoms with E-state index < -0.39 is 0 Å². The molecule has 0 amide bonds. The zero-order chi connectivity index (χ0) is 13.1. The molecular formula is C14H15ClFNS. The summed E-state index contributed by atoms with van der Waals surface area (Å²) in [5, 5.41) is 6.03. The van der Waals surface area contributed by atoms with Gasteiger partial charge >= 0.3 is 0 Å². The molecule has 1 unspecified atom stereocenters. The molecule has 4 heteroatoms. The van der Waals surface area contributed by atoms with Crippen LogP contribution in [0, 0.1) is 12.7 Å². The summed E-state index contributed by atoms with van der Waals surface area (Å²) in [7, 11) is 0. The smallest absolute Gasteiger partial charge is 0.128 e. The van der Waals surface area contributed by atoms with Crippen LogP contribution in [0.25, 0.3) is 0 Å². The number of halogens is 2. The first-order chi connectivity index (χ1) is 8.65. The van der Waals surface area contributed by atoms with E-state index in [2.05, 4.69) is 5.32 Å². The number of aryl methyl sites for hydroxylation is 1. The molecule has 1 nitrogen and oxygen atoms in total. The van der Waals surface area contributed by atoms with Crippen LogP contribution in [-0.4, -0.2) is 6.54 Å². The average molecular weight is 284 g/mol. The topological polar surface area (TPSA) is 12.0 Å². The lowest BCUT2D eigenvalue weighted by atomic mass is 10.0. The Kier molecular flexibility index (Phi) is 4.38. The van der Waals surface area contributed by atoms with Crippen molar-refractivity contribution < 1.29 is 4.39 Å². The Morgan fingerprint density at radius 2 is 2.11 bits per heavy atom. The van der Waals surface area contributed by atoms with Gasteiger partial charge in [0.25, 0.3) is 0 Å². The van der Waals surface area contributed by atoms with Gasteiger partial charge in [-0.2, -0.15) is 0 Å². The van der Waals surface area contributed by atoms with Crippen LogP contribution in [0.1, 0.15) is 29.0 Å². The summed E-state index contributed by atoms with van der Waals surface area (Å²) >= 11 is 7.86. The van der Waals surface area contributed by atoms with E-state index in [0.717, 1.165) is 22.0 Å². The van der Waals surface area contributed by atoms with Gasteiger partial charge in [-0.05, 0) is 30.5 Å². The van der Waals surface area contributed by atoms with Gasteiger partial charge in [0.05, 0.1) is 11.1 Å². The van der Waals surface area contributed by atoms with E-state index in [-0.39, 0.29) is 11.9 Å². The monoisotopic (exact) mass is 283 g/mol. The van der Waals surface area contributed by atoms with Crippen molar-refractivity contribution in [1.82, 2.24) is 5.32 Å². The maximum Gasteiger partial charge on any atom is 0.128 e. The zero-order valence-electron chi connectivity index (χ0n) is 10.3. The number of thiophene rings is 1. The molecule has 0 aliphatic carbocycles. The lowest BCUT2D eigenvalue weighted by Gasteiger charge is -2.18. The van der Waals surface area contributed by atoms with Crippen LogP contribution in [-0.2, 0) is 0 Å². The summed E-state index contributed by atoms with van der Waals surface area (Å²) in [5.41, 5.74) is 1.68. The molecule has 1 heterocycles. The summed E-state index contributed by atoms with van der Waals surface area (Å²) in [6.07, 6.45) is 0. The Bertz CT molecular complexity index is 538. The van der Waals surface area contributed by atoms with Gasteiger partial charge in [0.1, 0.15) is 5.82 Å². The van der Waals surface area contributed by atoms with E-state index in [0.29, 0.717) is 5.56 Å². The maximum absolute atomic E-state index is 13.9. The molecule has 0 radical (unpaired) electrons. The van der Waals surface area contributed by atoms with Gasteiger partial charge in [0.15, 0.2) is 0 Å². The fourth-order valence-corrected chi connectivity index (χ4v) is 3.30. The number of benzene rings is 1. The predicted molar refractivity (Wildman–Crippen MR) is 76.0 cm³/mol. The van der Waals surface area contributed by atoms with Crippen molar-refractivity contribution in [3.63, 3.8) is 0 Å². The highest BCUT2D eigenvalue weighted by Gasteiger charge is 2.21. The normalized spacial score (nSPS) is 12.7. The van der Waals surface area contributed by atoms with Crippen molar-refractivity contribution in [1.29, 1.82) is 0 Å². The molecule has 1 N–H and O–H groups in total. The fourth-order valence-electron chi connectivity index (χ4n) is 1.90. The van der Waals surface area contributed by atoms with Crippen molar-refractivity contribution in [2.45, 2.75) is 19.9 Å². The quantitative estimate of drug-likeness (QED) is 0.868. The number of hydrogen-bond donors (Lipinski definition) is 1. The second-order valence-corrected chi connectivity index (χ2v) is 5.40. The van der Waals surface area contributed by atoms with Crippen molar-refractivity contribution in [2.24, 2.45) is 0 Å². The minimum atomic E-state index is -0.203. The highest BCUT2D eigenvalue weighted by molar-refractivity contribution is 7.10. The zero-order valence-corrected chi connectivity index (χ0v) is 11.9. The highest BCUT2D eigenvalue weighted by atomic mass is 35.5. The van der Waals surface area contributed by atoms with E-state index in [9.17, 15) is 4.39 Å². The van der Waals surface area contributed by atoms with Gasteiger partial charge in [-0.3, -0.25) is 0 Å². The third-order valence-electron chi connectivity index (χ3n) is 2.81. The van der Waals surface area contributed by atoms with Crippen LogP contribution in [0.3, 0.4) is 0 Å². The second kappa shape index (κ2) is 5.83. The molecule has 0 aliphatic rings. The highest BCUT2D eigenvalue weighted by Crippen LogP contribution is 2.36. The summed E-state index contributed by atoms with van der Waals surface area (Å²) in [4.78, 5) is 0.973. The molecule has 0 fully saturated rings. The van der Waals surface area contributed by atoms with Gasteiger partial charge < -0.3 is 5.32 Å². The van der Waals surface area contributed by atoms with Crippen LogP contribution in [0.15, 0.2) is 29.6 Å². The first kappa shape index (κ1) is 13.5. The fraction of sp³-hybridized carbons (Fsp3) is 0.286. The molecule has 0 saturated heterocycles. The Balaban J connectivity index is 2.47. The molecule has 1 atom stereocenters. The number of hydrogen-bond acceptors (Lipinski definition) is 2.